The van der Waals surface area contributed by atoms with E-state index < -0.39 is 0 Å². The Bertz CT molecular complexity index is 779. The van der Waals surface area contributed by atoms with Crippen LogP contribution in [-0.4, -0.2) is 22.4 Å². The van der Waals surface area contributed by atoms with Crippen LogP contribution in [0.3, 0.4) is 0 Å². The number of pyridine rings is 1. The number of amides is 1. The second-order valence-electron chi connectivity index (χ2n) is 4.81. The van der Waals surface area contributed by atoms with Crippen molar-refractivity contribution in [1.29, 1.82) is 0 Å². The highest BCUT2D eigenvalue weighted by atomic mass is 16.1. The Morgan fingerprint density at radius 1 is 1.24 bits per heavy atom. The molecule has 0 fully saturated rings. The van der Waals surface area contributed by atoms with Gasteiger partial charge in [-0.25, -0.2) is 4.98 Å². The van der Waals surface area contributed by atoms with Gasteiger partial charge in [0.1, 0.15) is 0 Å². The van der Waals surface area contributed by atoms with Gasteiger partial charge in [0.15, 0.2) is 5.69 Å². The van der Waals surface area contributed by atoms with E-state index in [-0.39, 0.29) is 11.6 Å². The van der Waals surface area contributed by atoms with E-state index in [0.717, 1.165) is 11.9 Å². The van der Waals surface area contributed by atoms with Crippen molar-refractivity contribution in [2.75, 3.05) is 12.3 Å². The van der Waals surface area contributed by atoms with Crippen LogP contribution in [0.15, 0.2) is 48.8 Å². The second-order valence-corrected chi connectivity index (χ2v) is 4.81. The molecular weight excluding hydrogens is 264 g/mol. The van der Waals surface area contributed by atoms with Gasteiger partial charge in [-0.2, -0.15) is 0 Å². The van der Waals surface area contributed by atoms with Crippen LogP contribution in [0.5, 0.6) is 0 Å². The number of hydrogen-bond donors (Lipinski definition) is 3. The molecule has 3 rings (SSSR count). The van der Waals surface area contributed by atoms with Crippen LogP contribution in [-0.2, 0) is 6.42 Å². The highest BCUT2D eigenvalue weighted by molar-refractivity contribution is 5.97. The van der Waals surface area contributed by atoms with Gasteiger partial charge in [-0.15, -0.1) is 0 Å². The standard InChI is InChI=1S/C16H16N4O/c17-13-5-3-8-18-15(13)16(21)19-9-7-11-10-20-14-6-2-1-4-12(11)14/h1-6,8,10,20H,7,9,17H2,(H,19,21). The van der Waals surface area contributed by atoms with Crippen LogP contribution in [0.2, 0.25) is 0 Å². The van der Waals surface area contributed by atoms with Gasteiger partial charge in [-0.1, -0.05) is 18.2 Å². The molecule has 0 saturated carbocycles. The zero-order valence-corrected chi connectivity index (χ0v) is 11.5. The molecule has 0 atom stereocenters. The quantitative estimate of drug-likeness (QED) is 0.684. The molecule has 0 aliphatic rings. The molecule has 5 nitrogen and oxygen atoms in total. The first-order chi connectivity index (χ1) is 10.3. The van der Waals surface area contributed by atoms with Crippen molar-refractivity contribution in [3.63, 3.8) is 0 Å². The molecule has 0 aliphatic heterocycles. The first-order valence-corrected chi connectivity index (χ1v) is 6.79. The van der Waals surface area contributed by atoms with Crippen LogP contribution >= 0.6 is 0 Å². The van der Waals surface area contributed by atoms with Gasteiger partial charge >= 0.3 is 0 Å². The van der Waals surface area contributed by atoms with Crippen LogP contribution in [0.1, 0.15) is 16.1 Å². The van der Waals surface area contributed by atoms with Crippen molar-refractivity contribution in [2.45, 2.75) is 6.42 Å². The number of para-hydroxylation sites is 1. The molecule has 3 aromatic rings. The topological polar surface area (TPSA) is 83.8 Å². The summed E-state index contributed by atoms with van der Waals surface area (Å²) in [5, 5.41) is 4.03. The fourth-order valence-electron chi connectivity index (χ4n) is 2.34. The minimum Gasteiger partial charge on any atom is -0.397 e. The number of H-pyrrole nitrogens is 1. The summed E-state index contributed by atoms with van der Waals surface area (Å²) in [4.78, 5) is 19.2. The van der Waals surface area contributed by atoms with E-state index in [1.807, 2.05) is 24.4 Å². The summed E-state index contributed by atoms with van der Waals surface area (Å²) >= 11 is 0. The van der Waals surface area contributed by atoms with Gasteiger partial charge in [0.2, 0.25) is 0 Å². The summed E-state index contributed by atoms with van der Waals surface area (Å²) in [7, 11) is 0. The number of nitrogens with two attached hydrogens (primary N) is 1. The Balaban J connectivity index is 1.64. The maximum atomic E-state index is 12.0. The Hall–Kier alpha value is -2.82. The van der Waals surface area contributed by atoms with E-state index in [9.17, 15) is 4.79 Å². The Kier molecular flexibility index (Phi) is 3.55. The van der Waals surface area contributed by atoms with E-state index in [0.29, 0.717) is 12.2 Å². The predicted molar refractivity (Wildman–Crippen MR) is 83.0 cm³/mol. The second kappa shape index (κ2) is 5.66. The maximum Gasteiger partial charge on any atom is 0.272 e. The lowest BCUT2D eigenvalue weighted by Crippen LogP contribution is -2.27. The largest absolute Gasteiger partial charge is 0.397 e. The molecule has 2 aromatic heterocycles. The molecule has 0 saturated heterocycles. The molecule has 0 bridgehead atoms. The van der Waals surface area contributed by atoms with Gasteiger partial charge in [-0.05, 0) is 30.2 Å². The third-order valence-electron chi connectivity index (χ3n) is 3.41. The van der Waals surface area contributed by atoms with Crippen LogP contribution in [0.4, 0.5) is 5.69 Å². The van der Waals surface area contributed by atoms with Gasteiger partial charge in [0.05, 0.1) is 5.69 Å². The molecule has 5 heteroatoms. The summed E-state index contributed by atoms with van der Waals surface area (Å²) < 4.78 is 0. The van der Waals surface area contributed by atoms with E-state index in [4.69, 9.17) is 5.73 Å². The van der Waals surface area contributed by atoms with Gasteiger partial charge in [0, 0.05) is 29.8 Å². The van der Waals surface area contributed by atoms with Crippen molar-refractivity contribution in [3.05, 3.63) is 60.0 Å². The lowest BCUT2D eigenvalue weighted by molar-refractivity contribution is 0.0950. The average Bonchev–Trinajstić information content (AvgIpc) is 2.91. The number of rotatable bonds is 4. The van der Waals surface area contributed by atoms with Crippen molar-refractivity contribution in [2.24, 2.45) is 0 Å². The molecular formula is C16H16N4O. The molecule has 1 aromatic carbocycles. The summed E-state index contributed by atoms with van der Waals surface area (Å²) in [6.45, 7) is 0.538. The van der Waals surface area contributed by atoms with Gasteiger partial charge < -0.3 is 16.0 Å². The number of carbonyl (C=O) groups is 1. The number of nitrogens with one attached hydrogen (secondary N) is 2. The number of nitrogens with zero attached hydrogens (tertiary/aromatic N) is 1. The smallest absolute Gasteiger partial charge is 0.272 e. The molecule has 0 unspecified atom stereocenters. The van der Waals surface area contributed by atoms with Gasteiger partial charge in [0.25, 0.3) is 5.91 Å². The van der Waals surface area contributed by atoms with Crippen molar-refractivity contribution in [1.82, 2.24) is 15.3 Å². The average molecular weight is 280 g/mol. The molecule has 1 amide bonds. The zero-order valence-electron chi connectivity index (χ0n) is 11.5. The number of aromatic amines is 1. The van der Waals surface area contributed by atoms with Crippen molar-refractivity contribution in [3.8, 4) is 0 Å². The first-order valence-electron chi connectivity index (χ1n) is 6.79. The lowest BCUT2D eigenvalue weighted by atomic mass is 10.1. The number of hydrogen-bond acceptors (Lipinski definition) is 3. The number of aromatic nitrogens is 2. The minimum absolute atomic E-state index is 0.243. The Labute approximate surface area is 122 Å². The van der Waals surface area contributed by atoms with E-state index in [2.05, 4.69) is 21.4 Å². The third kappa shape index (κ3) is 2.72. The normalized spacial score (nSPS) is 10.7. The fourth-order valence-corrected chi connectivity index (χ4v) is 2.34. The number of anilines is 1. The maximum absolute atomic E-state index is 12.0. The monoisotopic (exact) mass is 280 g/mol. The molecule has 2 heterocycles. The first kappa shape index (κ1) is 13.2. The fraction of sp³-hybridized carbons (Fsp3) is 0.125. The van der Waals surface area contributed by atoms with Crippen LogP contribution < -0.4 is 11.1 Å². The molecule has 4 N–H and O–H groups in total. The molecule has 21 heavy (non-hydrogen) atoms. The predicted octanol–water partition coefficient (Wildman–Crippen LogP) is 2.12. The number of fused-ring (bicyclic) bond motifs is 1. The lowest BCUT2D eigenvalue weighted by Gasteiger charge is -2.06. The number of nitrogen functional groups attached to an aromatic ring is 1. The number of carbonyl (C=O) groups excluding carboxylic acids is 1. The van der Waals surface area contributed by atoms with Crippen molar-refractivity contribution < 1.29 is 4.79 Å². The molecule has 0 spiro atoms. The van der Waals surface area contributed by atoms with Gasteiger partial charge in [-0.3, -0.25) is 4.79 Å². The van der Waals surface area contributed by atoms with E-state index in [1.54, 1.807) is 18.3 Å². The summed E-state index contributed by atoms with van der Waals surface area (Å²) in [5.74, 6) is -0.243. The van der Waals surface area contributed by atoms with Crippen LogP contribution in [0, 0.1) is 0 Å². The molecule has 0 aliphatic carbocycles. The SMILES string of the molecule is Nc1cccnc1C(=O)NCCc1c[nH]c2ccccc12. The Morgan fingerprint density at radius 3 is 2.95 bits per heavy atom. The highest BCUT2D eigenvalue weighted by Gasteiger charge is 2.10. The number of benzene rings is 1. The third-order valence-corrected chi connectivity index (χ3v) is 3.41. The Morgan fingerprint density at radius 2 is 2.10 bits per heavy atom. The summed E-state index contributed by atoms with van der Waals surface area (Å²) in [6.07, 6.45) is 4.29. The van der Waals surface area contributed by atoms with E-state index >= 15 is 0 Å². The van der Waals surface area contributed by atoms with Crippen LogP contribution in [0.25, 0.3) is 10.9 Å². The molecule has 0 radical (unpaired) electrons. The summed E-state index contributed by atoms with van der Waals surface area (Å²) in [5.41, 5.74) is 8.68. The molecule has 106 valence electrons. The zero-order chi connectivity index (χ0) is 14.7. The summed E-state index contributed by atoms with van der Waals surface area (Å²) in [6, 6.07) is 11.5. The van der Waals surface area contributed by atoms with Crippen molar-refractivity contribution >= 4 is 22.5 Å². The van der Waals surface area contributed by atoms with E-state index in [1.165, 1.54) is 10.9 Å². The highest BCUT2D eigenvalue weighted by Crippen LogP contribution is 2.17. The minimum atomic E-state index is -0.243.